The average molecular weight is 390 g/mol. The molecule has 2 aliphatic rings. The van der Waals surface area contributed by atoms with Gasteiger partial charge in [0.2, 0.25) is 0 Å². The Bertz CT molecular complexity index is 1110. The lowest BCUT2D eigenvalue weighted by Crippen LogP contribution is -2.29. The summed E-state index contributed by atoms with van der Waals surface area (Å²) in [5, 5.41) is 7.83. The van der Waals surface area contributed by atoms with Crippen molar-refractivity contribution < 1.29 is 9.53 Å². The molecule has 3 aromatic rings. The van der Waals surface area contributed by atoms with Crippen LogP contribution >= 0.6 is 0 Å². The van der Waals surface area contributed by atoms with Gasteiger partial charge in [-0.25, -0.2) is 19.2 Å². The highest BCUT2D eigenvalue weighted by Crippen LogP contribution is 2.32. The first-order valence-electron chi connectivity index (χ1n) is 9.82. The molecular formula is C21H22N6O2. The summed E-state index contributed by atoms with van der Waals surface area (Å²) >= 11 is 0. The van der Waals surface area contributed by atoms with Crippen molar-refractivity contribution >= 4 is 23.3 Å². The van der Waals surface area contributed by atoms with Crippen molar-refractivity contribution in [1.29, 1.82) is 0 Å². The van der Waals surface area contributed by atoms with E-state index in [1.54, 1.807) is 27.9 Å². The Morgan fingerprint density at radius 1 is 1.28 bits per heavy atom. The van der Waals surface area contributed by atoms with Crippen LogP contribution in [0.4, 0.5) is 10.6 Å². The minimum absolute atomic E-state index is 0.250. The first kappa shape index (κ1) is 17.7. The van der Waals surface area contributed by atoms with Crippen LogP contribution in [0.25, 0.3) is 11.3 Å². The van der Waals surface area contributed by atoms with Gasteiger partial charge in [0.1, 0.15) is 18.5 Å². The molecule has 1 N–H and O–H groups in total. The summed E-state index contributed by atoms with van der Waals surface area (Å²) in [6.07, 6.45) is 5.98. The highest BCUT2D eigenvalue weighted by atomic mass is 16.6. The fourth-order valence-electron chi connectivity index (χ4n) is 3.96. The van der Waals surface area contributed by atoms with Gasteiger partial charge in [0.25, 0.3) is 0 Å². The SMILES string of the molecule is C=C1N[C@H](C)CCCc2cccc(n2)[C@H]2COC(=O)N2c2ccn3ncc1c3n2. The van der Waals surface area contributed by atoms with Crippen LogP contribution in [0.5, 0.6) is 0 Å². The fraction of sp³-hybridized carbons (Fsp3) is 0.333. The number of fused-ring (bicyclic) bond motifs is 6. The predicted molar refractivity (Wildman–Crippen MR) is 108 cm³/mol. The van der Waals surface area contributed by atoms with E-state index in [1.807, 2.05) is 18.2 Å². The number of carbonyl (C=O) groups is 1. The van der Waals surface area contributed by atoms with E-state index in [0.717, 1.165) is 41.9 Å². The van der Waals surface area contributed by atoms with Gasteiger partial charge in [-0.15, -0.1) is 0 Å². The van der Waals surface area contributed by atoms with E-state index < -0.39 is 6.09 Å². The summed E-state index contributed by atoms with van der Waals surface area (Å²) in [7, 11) is 0. The average Bonchev–Trinajstić information content (AvgIpc) is 3.30. The highest BCUT2D eigenvalue weighted by molar-refractivity contribution is 5.90. The smallest absolute Gasteiger partial charge is 0.416 e. The van der Waals surface area contributed by atoms with Crippen molar-refractivity contribution in [2.45, 2.75) is 38.3 Å². The summed E-state index contributed by atoms with van der Waals surface area (Å²) in [6, 6.07) is 7.68. The van der Waals surface area contributed by atoms with Crippen LogP contribution in [0.1, 0.15) is 42.8 Å². The van der Waals surface area contributed by atoms with Gasteiger partial charge in [-0.2, -0.15) is 5.10 Å². The van der Waals surface area contributed by atoms with Gasteiger partial charge in [-0.05, 0) is 44.4 Å². The number of rotatable bonds is 0. The summed E-state index contributed by atoms with van der Waals surface area (Å²) in [6.45, 7) is 6.58. The third-order valence-electron chi connectivity index (χ3n) is 5.46. The van der Waals surface area contributed by atoms with E-state index in [-0.39, 0.29) is 18.7 Å². The number of pyridine rings is 1. The molecule has 4 bridgehead atoms. The van der Waals surface area contributed by atoms with Gasteiger partial charge in [0, 0.05) is 23.6 Å². The Balaban J connectivity index is 1.66. The van der Waals surface area contributed by atoms with Crippen LogP contribution in [-0.4, -0.2) is 38.3 Å². The summed E-state index contributed by atoms with van der Waals surface area (Å²) in [5.41, 5.74) is 4.06. The maximum absolute atomic E-state index is 12.6. The molecule has 0 aromatic carbocycles. The predicted octanol–water partition coefficient (Wildman–Crippen LogP) is 3.11. The molecule has 148 valence electrons. The molecule has 0 aliphatic carbocycles. The van der Waals surface area contributed by atoms with Gasteiger partial charge >= 0.3 is 6.09 Å². The topological polar surface area (TPSA) is 84.7 Å². The van der Waals surface area contributed by atoms with Crippen molar-refractivity contribution in [1.82, 2.24) is 24.9 Å². The van der Waals surface area contributed by atoms with Crippen LogP contribution < -0.4 is 10.2 Å². The maximum atomic E-state index is 12.6. The van der Waals surface area contributed by atoms with E-state index >= 15 is 0 Å². The molecule has 2 aliphatic heterocycles. The minimum atomic E-state index is -0.421. The van der Waals surface area contributed by atoms with Gasteiger partial charge in [-0.3, -0.25) is 4.98 Å². The molecule has 1 fully saturated rings. The van der Waals surface area contributed by atoms with E-state index in [0.29, 0.717) is 11.5 Å². The second-order valence-corrected chi connectivity index (χ2v) is 7.54. The number of amides is 1. The van der Waals surface area contributed by atoms with Gasteiger partial charge in [-0.1, -0.05) is 12.6 Å². The molecule has 0 spiro atoms. The normalized spacial score (nSPS) is 22.0. The summed E-state index contributed by atoms with van der Waals surface area (Å²) < 4.78 is 7.04. The van der Waals surface area contributed by atoms with Crippen LogP contribution in [-0.2, 0) is 11.2 Å². The maximum Gasteiger partial charge on any atom is 0.416 e. The van der Waals surface area contributed by atoms with Crippen molar-refractivity contribution in [3.63, 3.8) is 0 Å². The number of ether oxygens (including phenoxy) is 1. The van der Waals surface area contributed by atoms with E-state index in [9.17, 15) is 4.79 Å². The molecule has 0 unspecified atom stereocenters. The van der Waals surface area contributed by atoms with Gasteiger partial charge in [0.05, 0.1) is 17.5 Å². The fourth-order valence-corrected chi connectivity index (χ4v) is 3.96. The molecule has 2 atom stereocenters. The zero-order valence-electron chi connectivity index (χ0n) is 16.2. The van der Waals surface area contributed by atoms with Gasteiger partial charge < -0.3 is 10.1 Å². The van der Waals surface area contributed by atoms with Crippen LogP contribution in [0.15, 0.2) is 43.2 Å². The Morgan fingerprint density at radius 3 is 3.07 bits per heavy atom. The highest BCUT2D eigenvalue weighted by Gasteiger charge is 2.37. The number of nitrogens with one attached hydrogen (secondary N) is 1. The number of anilines is 1. The van der Waals surface area contributed by atoms with E-state index in [4.69, 9.17) is 14.7 Å². The van der Waals surface area contributed by atoms with E-state index in [1.165, 1.54) is 0 Å². The number of cyclic esters (lactones) is 1. The lowest BCUT2D eigenvalue weighted by Gasteiger charge is -2.20. The molecule has 3 aromatic heterocycles. The zero-order valence-corrected chi connectivity index (χ0v) is 16.2. The molecular weight excluding hydrogens is 368 g/mol. The molecule has 8 nitrogen and oxygen atoms in total. The zero-order chi connectivity index (χ0) is 20.0. The second-order valence-electron chi connectivity index (χ2n) is 7.54. The van der Waals surface area contributed by atoms with Crippen molar-refractivity contribution in [3.8, 4) is 0 Å². The number of hydrogen-bond donors (Lipinski definition) is 1. The molecule has 1 saturated heterocycles. The Morgan fingerprint density at radius 2 is 2.17 bits per heavy atom. The number of carbonyl (C=O) groups excluding carboxylic acids is 1. The summed E-state index contributed by atoms with van der Waals surface area (Å²) in [4.78, 5) is 23.7. The largest absolute Gasteiger partial charge is 0.446 e. The third-order valence-corrected chi connectivity index (χ3v) is 5.46. The van der Waals surface area contributed by atoms with E-state index in [2.05, 4.69) is 23.9 Å². The monoisotopic (exact) mass is 390 g/mol. The van der Waals surface area contributed by atoms with Crippen molar-refractivity contribution in [2.75, 3.05) is 11.5 Å². The van der Waals surface area contributed by atoms with Crippen molar-refractivity contribution in [3.05, 3.63) is 60.2 Å². The quantitative estimate of drug-likeness (QED) is 0.635. The third kappa shape index (κ3) is 3.10. The summed E-state index contributed by atoms with van der Waals surface area (Å²) in [5.74, 6) is 0.509. The molecule has 5 heterocycles. The van der Waals surface area contributed by atoms with Crippen molar-refractivity contribution in [2.24, 2.45) is 0 Å². The van der Waals surface area contributed by atoms with Crippen LogP contribution in [0.3, 0.4) is 0 Å². The number of aryl methyl sites for hydroxylation is 1. The number of aromatic nitrogens is 4. The minimum Gasteiger partial charge on any atom is -0.446 e. The second kappa shape index (κ2) is 6.88. The number of nitrogens with zero attached hydrogens (tertiary/aromatic N) is 5. The first-order chi connectivity index (χ1) is 14.1. The molecule has 8 heteroatoms. The molecule has 0 radical (unpaired) electrons. The lowest BCUT2D eigenvalue weighted by atomic mass is 10.1. The Hall–Kier alpha value is -3.42. The number of hydrogen-bond acceptors (Lipinski definition) is 6. The van der Waals surface area contributed by atoms with Crippen LogP contribution in [0, 0.1) is 0 Å². The first-order valence-corrected chi connectivity index (χ1v) is 9.82. The Labute approximate surface area is 168 Å². The molecule has 1 amide bonds. The van der Waals surface area contributed by atoms with Gasteiger partial charge in [0.15, 0.2) is 5.65 Å². The molecule has 29 heavy (non-hydrogen) atoms. The van der Waals surface area contributed by atoms with Crippen LogP contribution in [0.2, 0.25) is 0 Å². The Kier molecular flexibility index (Phi) is 4.19. The molecule has 0 saturated carbocycles. The standard InChI is InChI=1S/C21H22N6O2/c1-13-5-3-6-15-7-4-8-17(24-15)18-12-29-21(28)27(18)19-9-10-26-20(25-19)16(11-22-26)14(2)23-13/h4,7-11,13,18,23H,2-3,5-6,12H2,1H3/t13-,18-/m1/s1. The molecule has 5 rings (SSSR count). The lowest BCUT2D eigenvalue weighted by molar-refractivity contribution is 0.178.